The molecule has 2 atom stereocenters. The molecule has 4 aliphatic rings. The molecular formula is C21H28N2O3S. The van der Waals surface area contributed by atoms with Crippen molar-refractivity contribution in [3.05, 3.63) is 30.3 Å². The first-order valence-electron chi connectivity index (χ1n) is 9.99. The molecule has 5 rings (SSSR count). The van der Waals surface area contributed by atoms with Crippen LogP contribution in [0.4, 0.5) is 0 Å². The Hall–Kier alpha value is -1.69. The molecule has 2 amide bonds. The fraction of sp³-hybridized carbons (Fsp3) is 0.619. The van der Waals surface area contributed by atoms with E-state index in [0.29, 0.717) is 29.9 Å². The highest BCUT2D eigenvalue weighted by Crippen LogP contribution is 2.60. The number of carbonyl (C=O) groups excluding carboxylic acids is 2. The van der Waals surface area contributed by atoms with Gasteiger partial charge < -0.3 is 11.1 Å². The zero-order valence-corrected chi connectivity index (χ0v) is 16.4. The zero-order chi connectivity index (χ0) is 19.0. The largest absolute Gasteiger partial charge is 0.368 e. The van der Waals surface area contributed by atoms with Crippen molar-refractivity contribution in [1.82, 2.24) is 5.32 Å². The normalized spacial score (nSPS) is 33.4. The second-order valence-electron chi connectivity index (χ2n) is 8.78. The number of amides is 2. The van der Waals surface area contributed by atoms with Gasteiger partial charge in [-0.1, -0.05) is 18.2 Å². The lowest BCUT2D eigenvalue weighted by atomic mass is 9.49. The van der Waals surface area contributed by atoms with Crippen molar-refractivity contribution < 1.29 is 13.8 Å². The van der Waals surface area contributed by atoms with E-state index in [0.717, 1.165) is 24.2 Å². The summed E-state index contributed by atoms with van der Waals surface area (Å²) in [6.07, 6.45) is 6.95. The van der Waals surface area contributed by atoms with E-state index >= 15 is 0 Å². The van der Waals surface area contributed by atoms with Crippen LogP contribution in [0.25, 0.3) is 0 Å². The Morgan fingerprint density at radius 2 is 1.63 bits per heavy atom. The predicted molar refractivity (Wildman–Crippen MR) is 104 cm³/mol. The summed E-state index contributed by atoms with van der Waals surface area (Å²) >= 11 is 0. The monoisotopic (exact) mass is 388 g/mol. The molecule has 3 N–H and O–H groups in total. The lowest BCUT2D eigenvalue weighted by molar-refractivity contribution is -0.148. The second kappa shape index (κ2) is 7.38. The molecule has 4 fully saturated rings. The SMILES string of the molecule is NC(=O)[C@H](CC[S@@](=O)c1ccccc1)NC(=O)C12CC3CC(CC(C3)C1)C2. The standard InChI is InChI=1S/C21H28N2O3S/c22-19(24)18(6-7-27(26)17-4-2-1-3-5-17)23-20(25)21-11-14-8-15(12-21)10-16(9-14)13-21/h1-5,14-16,18H,6-13H2,(H2,22,24)(H,23,25)/t14?,15?,16?,18-,21?,27+/m0/s1. The number of hydrogen-bond acceptors (Lipinski definition) is 3. The van der Waals surface area contributed by atoms with Crippen LogP contribution in [-0.4, -0.2) is 27.8 Å². The van der Waals surface area contributed by atoms with Crippen molar-refractivity contribution in [2.45, 2.75) is 55.9 Å². The summed E-state index contributed by atoms with van der Waals surface area (Å²) in [5, 5.41) is 2.93. The Labute approximate surface area is 162 Å². The molecule has 4 aliphatic carbocycles. The molecule has 0 aromatic heterocycles. The van der Waals surface area contributed by atoms with Crippen LogP contribution in [0.1, 0.15) is 44.9 Å². The summed E-state index contributed by atoms with van der Waals surface area (Å²) in [4.78, 5) is 25.8. The Kier molecular flexibility index (Phi) is 5.10. The van der Waals surface area contributed by atoms with Gasteiger partial charge in [-0.25, -0.2) is 0 Å². The minimum absolute atomic E-state index is 0.00380. The van der Waals surface area contributed by atoms with E-state index in [1.54, 1.807) is 0 Å². The van der Waals surface area contributed by atoms with Gasteiger partial charge >= 0.3 is 0 Å². The van der Waals surface area contributed by atoms with Gasteiger partial charge in [0, 0.05) is 16.1 Å². The molecule has 27 heavy (non-hydrogen) atoms. The first-order valence-corrected chi connectivity index (χ1v) is 11.3. The number of hydrogen-bond donors (Lipinski definition) is 2. The van der Waals surface area contributed by atoms with E-state index in [9.17, 15) is 13.8 Å². The quantitative estimate of drug-likeness (QED) is 0.751. The average molecular weight is 389 g/mol. The van der Waals surface area contributed by atoms with Crippen molar-refractivity contribution in [3.63, 3.8) is 0 Å². The molecule has 0 spiro atoms. The lowest BCUT2D eigenvalue weighted by Gasteiger charge is -2.55. The van der Waals surface area contributed by atoms with E-state index in [2.05, 4.69) is 5.32 Å². The van der Waals surface area contributed by atoms with Crippen molar-refractivity contribution in [3.8, 4) is 0 Å². The fourth-order valence-electron chi connectivity index (χ4n) is 5.90. The smallest absolute Gasteiger partial charge is 0.240 e. The Balaban J connectivity index is 1.39. The Bertz CT molecular complexity index is 714. The van der Waals surface area contributed by atoms with Gasteiger partial charge in [-0.15, -0.1) is 0 Å². The van der Waals surface area contributed by atoms with Crippen LogP contribution in [0.15, 0.2) is 35.2 Å². The highest BCUT2D eigenvalue weighted by atomic mass is 32.2. The molecular weight excluding hydrogens is 360 g/mol. The van der Waals surface area contributed by atoms with Gasteiger partial charge in [0.1, 0.15) is 6.04 Å². The zero-order valence-electron chi connectivity index (χ0n) is 15.6. The highest BCUT2D eigenvalue weighted by Gasteiger charge is 2.54. The third kappa shape index (κ3) is 3.82. The van der Waals surface area contributed by atoms with Gasteiger partial charge in [0.15, 0.2) is 0 Å². The number of primary amides is 1. The summed E-state index contributed by atoms with van der Waals surface area (Å²) in [6, 6.07) is 8.42. The maximum atomic E-state index is 13.1. The maximum Gasteiger partial charge on any atom is 0.240 e. The molecule has 146 valence electrons. The van der Waals surface area contributed by atoms with Crippen LogP contribution in [0.5, 0.6) is 0 Å². The van der Waals surface area contributed by atoms with E-state index in [-0.39, 0.29) is 11.3 Å². The first kappa shape index (κ1) is 18.7. The third-order valence-corrected chi connectivity index (χ3v) is 8.17. The molecule has 0 radical (unpaired) electrons. The van der Waals surface area contributed by atoms with Gasteiger partial charge in [-0.05, 0) is 74.8 Å². The van der Waals surface area contributed by atoms with Crippen LogP contribution in [-0.2, 0) is 20.4 Å². The summed E-state index contributed by atoms with van der Waals surface area (Å²) in [7, 11) is -1.20. The van der Waals surface area contributed by atoms with Gasteiger partial charge in [0.25, 0.3) is 0 Å². The minimum atomic E-state index is -1.20. The van der Waals surface area contributed by atoms with E-state index in [4.69, 9.17) is 5.73 Å². The van der Waals surface area contributed by atoms with Crippen LogP contribution in [0.3, 0.4) is 0 Å². The molecule has 4 bridgehead atoms. The summed E-state index contributed by atoms with van der Waals surface area (Å²) in [5.74, 6) is 1.76. The average Bonchev–Trinajstić information content (AvgIpc) is 2.64. The van der Waals surface area contributed by atoms with Gasteiger partial charge in [0.2, 0.25) is 11.8 Å². The molecule has 0 saturated heterocycles. The molecule has 0 heterocycles. The number of benzene rings is 1. The molecule has 1 aromatic carbocycles. The fourth-order valence-corrected chi connectivity index (χ4v) is 7.05. The van der Waals surface area contributed by atoms with Crippen LogP contribution in [0, 0.1) is 23.2 Å². The van der Waals surface area contributed by atoms with Crippen molar-refractivity contribution in [1.29, 1.82) is 0 Å². The third-order valence-electron chi connectivity index (χ3n) is 6.77. The van der Waals surface area contributed by atoms with E-state index < -0.39 is 22.7 Å². The number of carbonyl (C=O) groups is 2. The van der Waals surface area contributed by atoms with Gasteiger partial charge in [-0.3, -0.25) is 13.8 Å². The summed E-state index contributed by atoms with van der Waals surface area (Å²) < 4.78 is 12.4. The Morgan fingerprint density at radius 3 is 2.15 bits per heavy atom. The molecule has 4 saturated carbocycles. The minimum Gasteiger partial charge on any atom is -0.368 e. The summed E-state index contributed by atoms with van der Waals surface area (Å²) in [5.41, 5.74) is 5.24. The van der Waals surface area contributed by atoms with Crippen LogP contribution < -0.4 is 11.1 Å². The number of nitrogens with two attached hydrogens (primary N) is 1. The number of rotatable bonds is 7. The van der Waals surface area contributed by atoms with Gasteiger partial charge in [-0.2, -0.15) is 0 Å². The van der Waals surface area contributed by atoms with Crippen molar-refractivity contribution in [2.75, 3.05) is 5.75 Å². The molecule has 0 aliphatic heterocycles. The highest BCUT2D eigenvalue weighted by molar-refractivity contribution is 7.85. The maximum absolute atomic E-state index is 13.1. The molecule has 5 nitrogen and oxygen atoms in total. The van der Waals surface area contributed by atoms with Crippen molar-refractivity contribution in [2.24, 2.45) is 28.9 Å². The first-order chi connectivity index (χ1) is 12.9. The van der Waals surface area contributed by atoms with E-state index in [1.807, 2.05) is 30.3 Å². The second-order valence-corrected chi connectivity index (χ2v) is 10.3. The van der Waals surface area contributed by atoms with Crippen LogP contribution in [0.2, 0.25) is 0 Å². The lowest BCUT2D eigenvalue weighted by Crippen LogP contribution is -2.57. The summed E-state index contributed by atoms with van der Waals surface area (Å²) in [6.45, 7) is 0. The van der Waals surface area contributed by atoms with Gasteiger partial charge in [0.05, 0.1) is 10.8 Å². The van der Waals surface area contributed by atoms with Crippen molar-refractivity contribution >= 4 is 22.6 Å². The van der Waals surface area contributed by atoms with E-state index in [1.165, 1.54) is 19.3 Å². The predicted octanol–water partition coefficient (Wildman–Crippen LogP) is 2.37. The molecule has 6 heteroatoms. The number of nitrogens with one attached hydrogen (secondary N) is 1. The topological polar surface area (TPSA) is 89.3 Å². The Morgan fingerprint density at radius 1 is 1.07 bits per heavy atom. The van der Waals surface area contributed by atoms with Crippen LogP contribution >= 0.6 is 0 Å². The molecule has 0 unspecified atom stereocenters. The molecule has 1 aromatic rings.